The maximum atomic E-state index is 11.9. The highest BCUT2D eigenvalue weighted by atomic mass is 32.2. The van der Waals surface area contributed by atoms with Crippen LogP contribution in [0.4, 0.5) is 8.78 Å². The first-order valence-electron chi connectivity index (χ1n) is 7.24. The molecule has 3 nitrogen and oxygen atoms in total. The quantitative estimate of drug-likeness (QED) is 0.273. The highest BCUT2D eigenvalue weighted by Gasteiger charge is 2.09. The molecule has 0 aliphatic carbocycles. The Morgan fingerprint density at radius 1 is 0.950 bits per heavy atom. The van der Waals surface area contributed by atoms with Crippen molar-refractivity contribution in [2.45, 2.75) is 64.2 Å². The molecule has 0 heterocycles. The van der Waals surface area contributed by atoms with Crippen LogP contribution in [0.2, 0.25) is 0 Å². The first-order chi connectivity index (χ1) is 9.48. The lowest BCUT2D eigenvalue weighted by molar-refractivity contribution is 0.133. The minimum atomic E-state index is -3.40. The number of hydrogen-bond donors (Lipinski definition) is 0. The van der Waals surface area contributed by atoms with Crippen molar-refractivity contribution in [1.29, 1.82) is 0 Å². The van der Waals surface area contributed by atoms with Crippen LogP contribution in [-0.4, -0.2) is 27.2 Å². The van der Waals surface area contributed by atoms with Crippen LogP contribution in [0.5, 0.6) is 0 Å². The van der Waals surface area contributed by atoms with Crippen molar-refractivity contribution >= 4 is 10.1 Å². The molecule has 0 aromatic carbocycles. The van der Waals surface area contributed by atoms with Crippen LogP contribution in [0.3, 0.4) is 0 Å². The molecule has 0 saturated carbocycles. The number of halogens is 2. The van der Waals surface area contributed by atoms with E-state index in [1.807, 2.05) is 0 Å². The third-order valence-electron chi connectivity index (χ3n) is 2.93. The molecule has 0 unspecified atom stereocenters. The maximum Gasteiger partial charge on any atom is 0.267 e. The minimum absolute atomic E-state index is 0.00255. The Hall–Kier alpha value is -0.490. The van der Waals surface area contributed by atoms with E-state index in [0.29, 0.717) is 12.8 Å². The molecule has 6 heteroatoms. The molecule has 0 aliphatic heterocycles. The van der Waals surface area contributed by atoms with Crippen molar-refractivity contribution in [3.63, 3.8) is 0 Å². The van der Waals surface area contributed by atoms with Gasteiger partial charge in [0.2, 0.25) is 6.43 Å². The first kappa shape index (κ1) is 19.5. The van der Waals surface area contributed by atoms with Crippen LogP contribution in [0.25, 0.3) is 0 Å². The van der Waals surface area contributed by atoms with Gasteiger partial charge < -0.3 is 0 Å². The summed E-state index contributed by atoms with van der Waals surface area (Å²) in [6.07, 6.45) is 6.15. The molecule has 0 spiro atoms. The Balaban J connectivity index is 3.30. The van der Waals surface area contributed by atoms with Crippen LogP contribution < -0.4 is 0 Å². The fourth-order valence-corrected chi connectivity index (χ4v) is 2.83. The first-order valence-corrected chi connectivity index (χ1v) is 8.82. The van der Waals surface area contributed by atoms with E-state index in [4.69, 9.17) is 0 Å². The molecule has 0 saturated heterocycles. The average Bonchev–Trinajstić information content (AvgIpc) is 2.38. The van der Waals surface area contributed by atoms with Crippen molar-refractivity contribution in [1.82, 2.24) is 0 Å². The van der Waals surface area contributed by atoms with E-state index in [9.17, 15) is 17.2 Å². The number of unbranched alkanes of at least 4 members (excludes halogenated alkanes) is 7. The Morgan fingerprint density at radius 3 is 1.95 bits per heavy atom. The fourth-order valence-electron chi connectivity index (χ4n) is 1.85. The van der Waals surface area contributed by atoms with Crippen molar-refractivity contribution in [2.24, 2.45) is 0 Å². The zero-order valence-electron chi connectivity index (χ0n) is 12.0. The summed E-state index contributed by atoms with van der Waals surface area (Å²) < 4.78 is 51.0. The molecular weight excluding hydrogens is 286 g/mol. The molecule has 0 bridgehead atoms. The van der Waals surface area contributed by atoms with Crippen molar-refractivity contribution in [3.05, 3.63) is 12.7 Å². The van der Waals surface area contributed by atoms with Crippen LogP contribution in [0, 0.1) is 0 Å². The van der Waals surface area contributed by atoms with Gasteiger partial charge in [0.15, 0.2) is 0 Å². The van der Waals surface area contributed by atoms with Crippen molar-refractivity contribution in [3.8, 4) is 0 Å². The largest absolute Gasteiger partial charge is 0.267 e. The summed E-state index contributed by atoms with van der Waals surface area (Å²) in [4.78, 5) is 0. The van der Waals surface area contributed by atoms with Gasteiger partial charge in [-0.3, -0.25) is 4.18 Å². The van der Waals surface area contributed by atoms with E-state index in [-0.39, 0.29) is 18.8 Å². The number of alkyl halides is 2. The molecule has 120 valence electrons. The van der Waals surface area contributed by atoms with Crippen LogP contribution in [-0.2, 0) is 14.3 Å². The fraction of sp³-hybridized carbons (Fsp3) is 0.857. The molecule has 0 N–H and O–H groups in total. The second-order valence-electron chi connectivity index (χ2n) is 4.84. The van der Waals surface area contributed by atoms with Gasteiger partial charge in [0.1, 0.15) is 0 Å². The molecule has 0 rings (SSSR count). The second kappa shape index (κ2) is 12.3. The highest BCUT2D eigenvalue weighted by Crippen LogP contribution is 2.12. The Labute approximate surface area is 121 Å². The van der Waals surface area contributed by atoms with E-state index in [1.165, 1.54) is 6.08 Å². The third kappa shape index (κ3) is 13.9. The van der Waals surface area contributed by atoms with Gasteiger partial charge in [-0.2, -0.15) is 8.42 Å². The maximum absolute atomic E-state index is 11.9. The third-order valence-corrected chi connectivity index (χ3v) is 4.22. The van der Waals surface area contributed by atoms with E-state index < -0.39 is 16.5 Å². The van der Waals surface area contributed by atoms with Crippen molar-refractivity contribution in [2.75, 3.05) is 12.4 Å². The Bertz CT molecular complexity index is 329. The highest BCUT2D eigenvalue weighted by molar-refractivity contribution is 7.86. The monoisotopic (exact) mass is 312 g/mol. The molecule has 0 aromatic heterocycles. The molecular formula is C14H26F2O3S. The van der Waals surface area contributed by atoms with Gasteiger partial charge in [-0.1, -0.05) is 44.6 Å². The molecule has 0 fully saturated rings. The van der Waals surface area contributed by atoms with Crippen LogP contribution in [0.15, 0.2) is 12.7 Å². The minimum Gasteiger partial charge on any atom is -0.266 e. The number of rotatable bonds is 14. The van der Waals surface area contributed by atoms with Gasteiger partial charge >= 0.3 is 0 Å². The van der Waals surface area contributed by atoms with Gasteiger partial charge in [0.05, 0.1) is 12.4 Å². The van der Waals surface area contributed by atoms with Crippen LogP contribution >= 0.6 is 0 Å². The summed E-state index contributed by atoms with van der Waals surface area (Å²) in [5, 5.41) is 0. The lowest BCUT2D eigenvalue weighted by Crippen LogP contribution is -2.10. The standard InChI is InChI=1S/C14H26F2O3S/c1-2-12-19-20(17,18)13-10-8-6-4-3-5-7-9-11-14(15)16/h2,14H,1,3-13H2. The predicted octanol–water partition coefficient (Wildman–Crippen LogP) is 4.29. The van der Waals surface area contributed by atoms with Gasteiger partial charge in [0.25, 0.3) is 10.1 Å². The smallest absolute Gasteiger partial charge is 0.266 e. The Kier molecular flexibility index (Phi) is 12.0. The van der Waals surface area contributed by atoms with Crippen LogP contribution in [0.1, 0.15) is 57.8 Å². The average molecular weight is 312 g/mol. The van der Waals surface area contributed by atoms with E-state index in [0.717, 1.165) is 38.5 Å². The van der Waals surface area contributed by atoms with Gasteiger partial charge in [-0.05, 0) is 12.8 Å². The summed E-state index contributed by atoms with van der Waals surface area (Å²) in [7, 11) is -3.40. The summed E-state index contributed by atoms with van der Waals surface area (Å²) >= 11 is 0. The van der Waals surface area contributed by atoms with Gasteiger partial charge in [-0.25, -0.2) is 8.78 Å². The lowest BCUT2D eigenvalue weighted by atomic mass is 10.1. The van der Waals surface area contributed by atoms with E-state index >= 15 is 0 Å². The van der Waals surface area contributed by atoms with E-state index in [2.05, 4.69) is 10.8 Å². The molecule has 0 atom stereocenters. The van der Waals surface area contributed by atoms with Gasteiger partial charge in [0, 0.05) is 6.42 Å². The summed E-state index contributed by atoms with van der Waals surface area (Å²) in [5.74, 6) is 0.0508. The zero-order chi connectivity index (χ0) is 15.3. The predicted molar refractivity (Wildman–Crippen MR) is 77.5 cm³/mol. The molecule has 0 aliphatic rings. The molecule has 0 amide bonds. The number of hydrogen-bond acceptors (Lipinski definition) is 3. The lowest BCUT2D eigenvalue weighted by Gasteiger charge is -2.04. The summed E-state index contributed by atoms with van der Waals surface area (Å²) in [6, 6.07) is 0. The zero-order valence-corrected chi connectivity index (χ0v) is 12.8. The normalized spacial score (nSPS) is 11.9. The van der Waals surface area contributed by atoms with Gasteiger partial charge in [-0.15, -0.1) is 6.58 Å². The molecule has 20 heavy (non-hydrogen) atoms. The SMILES string of the molecule is C=CCOS(=O)(=O)CCCCCCCCCCC(F)F. The van der Waals surface area contributed by atoms with E-state index in [1.54, 1.807) is 0 Å². The second-order valence-corrected chi connectivity index (χ2v) is 6.60. The summed E-state index contributed by atoms with van der Waals surface area (Å²) in [6.45, 7) is 3.42. The Morgan fingerprint density at radius 2 is 1.45 bits per heavy atom. The van der Waals surface area contributed by atoms with Crippen molar-refractivity contribution < 1.29 is 21.4 Å². The molecule has 0 radical (unpaired) electrons. The topological polar surface area (TPSA) is 43.4 Å². The summed E-state index contributed by atoms with van der Waals surface area (Å²) in [5.41, 5.74) is 0. The molecule has 0 aromatic rings.